The van der Waals surface area contributed by atoms with Gasteiger partial charge >= 0.3 is 6.18 Å². The Morgan fingerprint density at radius 2 is 1.25 bits per heavy atom. The zero-order valence-corrected chi connectivity index (χ0v) is 13.0. The Kier molecular flexibility index (Phi) is 4.73. The second kappa shape index (κ2) is 5.86. The molecule has 0 aromatic rings. The second-order valence-electron chi connectivity index (χ2n) is 7.72. The first-order valence-electron chi connectivity index (χ1n) is 7.98. The highest BCUT2D eigenvalue weighted by atomic mass is 19.4. The predicted molar refractivity (Wildman–Crippen MR) is 75.6 cm³/mol. The molecular weight excluding hydrogens is 263 g/mol. The average Bonchev–Trinajstić information content (AvgIpc) is 2.37. The molecule has 1 saturated heterocycles. The Labute approximate surface area is 120 Å². The summed E-state index contributed by atoms with van der Waals surface area (Å²) >= 11 is 0. The van der Waals surface area contributed by atoms with Crippen LogP contribution in [0.1, 0.15) is 59.3 Å². The summed E-state index contributed by atoms with van der Waals surface area (Å²) in [4.78, 5) is 2.32. The quantitative estimate of drug-likeness (QED) is 0.666. The first kappa shape index (κ1) is 16.1. The lowest BCUT2D eigenvalue weighted by Gasteiger charge is -2.43. The zero-order chi connectivity index (χ0) is 15.0. The van der Waals surface area contributed by atoms with E-state index in [1.807, 2.05) is 0 Å². The Balaban J connectivity index is 1.79. The molecule has 1 saturated carbocycles. The molecule has 1 nitrogen and oxygen atoms in total. The first-order chi connectivity index (χ1) is 9.18. The first-order valence-corrected chi connectivity index (χ1v) is 7.98. The summed E-state index contributed by atoms with van der Waals surface area (Å²) < 4.78 is 38.0. The molecule has 1 heterocycles. The van der Waals surface area contributed by atoms with Gasteiger partial charge in [-0.2, -0.15) is 13.2 Å². The van der Waals surface area contributed by atoms with Gasteiger partial charge in [-0.15, -0.1) is 0 Å². The van der Waals surface area contributed by atoms with Gasteiger partial charge in [-0.05, 0) is 62.9 Å². The fourth-order valence-corrected chi connectivity index (χ4v) is 3.90. The van der Waals surface area contributed by atoms with Gasteiger partial charge in [-0.25, -0.2) is 0 Å². The van der Waals surface area contributed by atoms with Crippen molar-refractivity contribution in [3.05, 3.63) is 0 Å². The van der Waals surface area contributed by atoms with Gasteiger partial charge in [0.05, 0.1) is 5.92 Å². The minimum atomic E-state index is -3.99. The zero-order valence-electron chi connectivity index (χ0n) is 13.0. The maximum Gasteiger partial charge on any atom is 0.391 e. The predicted octanol–water partition coefficient (Wildman–Crippen LogP) is 4.87. The van der Waals surface area contributed by atoms with E-state index < -0.39 is 12.1 Å². The van der Waals surface area contributed by atoms with Crippen molar-refractivity contribution in [2.45, 2.75) is 71.5 Å². The van der Waals surface area contributed by atoms with E-state index >= 15 is 0 Å². The average molecular weight is 291 g/mol. The molecule has 20 heavy (non-hydrogen) atoms. The van der Waals surface area contributed by atoms with Crippen molar-refractivity contribution < 1.29 is 13.2 Å². The van der Waals surface area contributed by atoms with Crippen LogP contribution in [0.4, 0.5) is 13.2 Å². The molecule has 2 fully saturated rings. The van der Waals surface area contributed by atoms with E-state index in [2.05, 4.69) is 25.7 Å². The van der Waals surface area contributed by atoms with Crippen LogP contribution in [0, 0.1) is 17.3 Å². The smallest absolute Gasteiger partial charge is 0.300 e. The third-order valence-electron chi connectivity index (χ3n) is 5.43. The van der Waals surface area contributed by atoms with Crippen molar-refractivity contribution >= 4 is 0 Å². The molecule has 0 N–H and O–H groups in total. The molecule has 1 aliphatic heterocycles. The molecule has 0 aromatic carbocycles. The number of halogens is 3. The Hall–Kier alpha value is -0.250. The highest BCUT2D eigenvalue weighted by Crippen LogP contribution is 2.40. The van der Waals surface area contributed by atoms with Gasteiger partial charge in [0.1, 0.15) is 0 Å². The molecule has 1 aliphatic carbocycles. The third kappa shape index (κ3) is 3.90. The van der Waals surface area contributed by atoms with Crippen molar-refractivity contribution in [3.8, 4) is 0 Å². The van der Waals surface area contributed by atoms with Crippen LogP contribution in [0.3, 0.4) is 0 Å². The molecule has 0 radical (unpaired) electrons. The van der Waals surface area contributed by atoms with Crippen molar-refractivity contribution in [1.29, 1.82) is 0 Å². The Bertz CT molecular complexity index is 271. The number of nitrogens with zero attached hydrogens (tertiary/aromatic N) is 1. The molecule has 0 unspecified atom stereocenters. The summed E-state index contributed by atoms with van der Waals surface area (Å²) in [5.41, 5.74) is 0.369. The molecule has 2 rings (SSSR count). The minimum absolute atomic E-state index is 0.294. The van der Waals surface area contributed by atoms with Crippen molar-refractivity contribution in [1.82, 2.24) is 4.90 Å². The third-order valence-corrected chi connectivity index (χ3v) is 5.43. The Morgan fingerprint density at radius 1 is 0.750 bits per heavy atom. The lowest BCUT2D eigenvalue weighted by Crippen LogP contribution is -2.46. The van der Waals surface area contributed by atoms with E-state index in [0.717, 1.165) is 5.92 Å². The van der Waals surface area contributed by atoms with Gasteiger partial charge in [0, 0.05) is 6.04 Å². The van der Waals surface area contributed by atoms with Gasteiger partial charge in [-0.3, -0.25) is 0 Å². The molecule has 4 heteroatoms. The number of likely N-dealkylation sites (tertiary alicyclic amines) is 1. The van der Waals surface area contributed by atoms with Crippen LogP contribution in [0.15, 0.2) is 0 Å². The van der Waals surface area contributed by atoms with E-state index in [9.17, 15) is 13.2 Å². The molecular formula is C16H28F3N. The molecule has 2 aliphatic rings. The SMILES string of the molecule is CC(C)(C)C1CCC(N2CCC(C(F)(F)F)CC2)CC1. The monoisotopic (exact) mass is 291 g/mol. The van der Waals surface area contributed by atoms with Crippen LogP contribution in [0.5, 0.6) is 0 Å². The Morgan fingerprint density at radius 3 is 1.65 bits per heavy atom. The summed E-state index contributed by atoms with van der Waals surface area (Å²) in [6.07, 6.45) is 1.39. The number of hydrogen-bond acceptors (Lipinski definition) is 1. The summed E-state index contributed by atoms with van der Waals surface area (Å²) in [6, 6.07) is 0.530. The van der Waals surface area contributed by atoms with Crippen LogP contribution in [0.25, 0.3) is 0 Å². The van der Waals surface area contributed by atoms with E-state index in [4.69, 9.17) is 0 Å². The number of alkyl halides is 3. The number of piperidine rings is 1. The fraction of sp³-hybridized carbons (Fsp3) is 1.00. The fourth-order valence-electron chi connectivity index (χ4n) is 3.90. The molecule has 0 aromatic heterocycles. The van der Waals surface area contributed by atoms with Gasteiger partial charge in [0.15, 0.2) is 0 Å². The van der Waals surface area contributed by atoms with Crippen LogP contribution >= 0.6 is 0 Å². The van der Waals surface area contributed by atoms with Crippen molar-refractivity contribution in [3.63, 3.8) is 0 Å². The highest BCUT2D eigenvalue weighted by molar-refractivity contribution is 4.87. The maximum atomic E-state index is 12.7. The van der Waals surface area contributed by atoms with Gasteiger partial charge in [0.25, 0.3) is 0 Å². The van der Waals surface area contributed by atoms with Crippen molar-refractivity contribution in [2.75, 3.05) is 13.1 Å². The second-order valence-corrected chi connectivity index (χ2v) is 7.72. The number of hydrogen-bond donors (Lipinski definition) is 0. The van der Waals surface area contributed by atoms with E-state index in [1.54, 1.807) is 0 Å². The molecule has 0 amide bonds. The van der Waals surface area contributed by atoms with E-state index in [1.165, 1.54) is 25.7 Å². The largest absolute Gasteiger partial charge is 0.391 e. The number of rotatable bonds is 1. The van der Waals surface area contributed by atoms with E-state index in [-0.39, 0.29) is 0 Å². The van der Waals surface area contributed by atoms with Crippen molar-refractivity contribution in [2.24, 2.45) is 17.3 Å². The summed E-state index contributed by atoms with van der Waals surface area (Å²) in [5, 5.41) is 0. The summed E-state index contributed by atoms with van der Waals surface area (Å²) in [6.45, 7) is 8.16. The molecule has 0 atom stereocenters. The molecule has 118 valence electrons. The molecule has 0 spiro atoms. The normalized spacial score (nSPS) is 31.5. The minimum Gasteiger partial charge on any atom is -0.300 e. The topological polar surface area (TPSA) is 3.24 Å². The van der Waals surface area contributed by atoms with Crippen LogP contribution in [-0.2, 0) is 0 Å². The molecule has 0 bridgehead atoms. The van der Waals surface area contributed by atoms with Gasteiger partial charge in [-0.1, -0.05) is 20.8 Å². The van der Waals surface area contributed by atoms with Crippen LogP contribution in [-0.4, -0.2) is 30.2 Å². The maximum absolute atomic E-state index is 12.7. The lowest BCUT2D eigenvalue weighted by molar-refractivity contribution is -0.186. The lowest BCUT2D eigenvalue weighted by atomic mass is 9.71. The van der Waals surface area contributed by atoms with E-state index in [0.29, 0.717) is 37.4 Å². The van der Waals surface area contributed by atoms with Crippen LogP contribution in [0.2, 0.25) is 0 Å². The standard InChI is InChI=1S/C16H28F3N/c1-15(2,3)12-4-6-14(7-5-12)20-10-8-13(9-11-20)16(17,18)19/h12-14H,4-11H2,1-3H3. The summed E-state index contributed by atoms with van der Waals surface area (Å²) in [7, 11) is 0. The highest BCUT2D eigenvalue weighted by Gasteiger charge is 2.42. The van der Waals surface area contributed by atoms with Crippen LogP contribution < -0.4 is 0 Å². The summed E-state index contributed by atoms with van der Waals surface area (Å²) in [5.74, 6) is -0.295. The van der Waals surface area contributed by atoms with Gasteiger partial charge < -0.3 is 4.90 Å². The van der Waals surface area contributed by atoms with Gasteiger partial charge in [0.2, 0.25) is 0 Å².